The summed E-state index contributed by atoms with van der Waals surface area (Å²) in [6.45, 7) is 9.42. The number of benzene rings is 3. The van der Waals surface area contributed by atoms with Crippen molar-refractivity contribution >= 4 is 35.0 Å². The van der Waals surface area contributed by atoms with Crippen LogP contribution >= 0.6 is 35.0 Å². The lowest BCUT2D eigenvalue weighted by Gasteiger charge is -2.15. The molecule has 0 spiro atoms. The van der Waals surface area contributed by atoms with Crippen molar-refractivity contribution in [1.82, 2.24) is 9.78 Å². The fraction of sp³-hybridized carbons (Fsp3) is 0.250. The number of halogens is 2. The summed E-state index contributed by atoms with van der Waals surface area (Å²) in [6, 6.07) is 22.0. The molecule has 0 atom stereocenters. The molecule has 4 aromatic rings. The van der Waals surface area contributed by atoms with E-state index < -0.39 is 5.60 Å². The van der Waals surface area contributed by atoms with E-state index in [1.807, 2.05) is 63.2 Å². The number of aryl methyl sites for hydroxylation is 1. The van der Waals surface area contributed by atoms with Crippen LogP contribution in [0.4, 0.5) is 0 Å². The van der Waals surface area contributed by atoms with Crippen molar-refractivity contribution in [2.45, 2.75) is 45.1 Å². The Kier molecular flexibility index (Phi) is 8.53. The largest absolute Gasteiger partial charge is 0.384 e. The Morgan fingerprint density at radius 2 is 1.56 bits per heavy atom. The molecule has 3 nitrogen and oxygen atoms in total. The van der Waals surface area contributed by atoms with Crippen molar-refractivity contribution < 1.29 is 5.11 Å². The molecular formula is C28H30Cl2N2OS. The Hall–Kier alpha value is -2.24. The van der Waals surface area contributed by atoms with Gasteiger partial charge in [0.15, 0.2) is 0 Å². The van der Waals surface area contributed by atoms with Gasteiger partial charge in [-0.3, -0.25) is 0 Å². The Morgan fingerprint density at radius 1 is 0.882 bits per heavy atom. The molecule has 0 saturated heterocycles. The summed E-state index contributed by atoms with van der Waals surface area (Å²) in [5, 5.41) is 16.5. The van der Waals surface area contributed by atoms with Gasteiger partial charge in [0.2, 0.25) is 0 Å². The summed E-state index contributed by atoms with van der Waals surface area (Å²) in [5.41, 5.74) is 4.92. The summed E-state index contributed by atoms with van der Waals surface area (Å²) < 4.78 is 1.78. The maximum atomic E-state index is 10.6. The van der Waals surface area contributed by atoms with Gasteiger partial charge in [0.05, 0.1) is 27.1 Å². The number of nitrogens with zero attached hydrogens (tertiary/aromatic N) is 2. The molecule has 0 aliphatic heterocycles. The molecule has 4 rings (SSSR count). The van der Waals surface area contributed by atoms with Gasteiger partial charge < -0.3 is 5.11 Å². The minimum atomic E-state index is -1.11. The molecule has 0 fully saturated rings. The summed E-state index contributed by atoms with van der Waals surface area (Å²) in [5.74, 6) is 0. The summed E-state index contributed by atoms with van der Waals surface area (Å²) >= 11 is 15.1. The van der Waals surface area contributed by atoms with Gasteiger partial charge in [0.25, 0.3) is 0 Å². The molecule has 3 aromatic carbocycles. The van der Waals surface area contributed by atoms with E-state index in [4.69, 9.17) is 28.3 Å². The van der Waals surface area contributed by atoms with E-state index in [9.17, 15) is 5.11 Å². The zero-order chi connectivity index (χ0) is 25.0. The van der Waals surface area contributed by atoms with Gasteiger partial charge in [0.1, 0.15) is 5.60 Å². The molecule has 0 amide bonds. The van der Waals surface area contributed by atoms with Crippen molar-refractivity contribution in [1.29, 1.82) is 0 Å². The van der Waals surface area contributed by atoms with Crippen LogP contribution in [0.25, 0.3) is 28.1 Å². The number of thioether (sulfide) groups is 1. The minimum absolute atomic E-state index is 0.541. The van der Waals surface area contributed by atoms with Crippen LogP contribution in [-0.2, 0) is 5.60 Å². The molecule has 1 aromatic heterocycles. The molecule has 0 unspecified atom stereocenters. The third-order valence-corrected chi connectivity index (χ3v) is 6.73. The van der Waals surface area contributed by atoms with Crippen LogP contribution in [0.5, 0.6) is 0 Å². The summed E-state index contributed by atoms with van der Waals surface area (Å²) in [7, 11) is 0. The Balaban J connectivity index is 0.00000158. The number of aromatic nitrogens is 2. The fourth-order valence-electron chi connectivity index (χ4n) is 3.64. The van der Waals surface area contributed by atoms with Crippen LogP contribution in [0, 0.1) is 6.92 Å². The first-order valence-corrected chi connectivity index (χ1v) is 13.2. The highest BCUT2D eigenvalue weighted by Crippen LogP contribution is 2.37. The lowest BCUT2D eigenvalue weighted by atomic mass is 10.0. The van der Waals surface area contributed by atoms with Gasteiger partial charge in [-0.1, -0.05) is 73.4 Å². The third kappa shape index (κ3) is 5.52. The molecule has 1 heterocycles. The molecule has 6 heteroatoms. The van der Waals surface area contributed by atoms with Crippen LogP contribution < -0.4 is 0 Å². The Morgan fingerprint density at radius 3 is 2.18 bits per heavy atom. The van der Waals surface area contributed by atoms with Crippen LogP contribution in [0.2, 0.25) is 10.0 Å². The topological polar surface area (TPSA) is 38.1 Å². The minimum Gasteiger partial charge on any atom is -0.384 e. The Labute approximate surface area is 216 Å². The highest BCUT2D eigenvalue weighted by atomic mass is 35.5. The number of hydrogen-bond donors (Lipinski definition) is 1. The summed E-state index contributed by atoms with van der Waals surface area (Å²) in [4.78, 5) is 1.20. The monoisotopic (exact) mass is 512 g/mol. The van der Waals surface area contributed by atoms with E-state index in [1.165, 1.54) is 4.90 Å². The smallest absolute Gasteiger partial charge is 0.103 e. The fourth-order valence-corrected chi connectivity index (χ4v) is 4.68. The molecule has 0 radical (unpaired) electrons. The van der Waals surface area contributed by atoms with Crippen molar-refractivity contribution in [2.24, 2.45) is 0 Å². The number of aliphatic hydroxyl groups is 1. The van der Waals surface area contributed by atoms with Crippen LogP contribution in [0.3, 0.4) is 0 Å². The number of hydrogen-bond acceptors (Lipinski definition) is 3. The van der Waals surface area contributed by atoms with E-state index in [-0.39, 0.29) is 0 Å². The van der Waals surface area contributed by atoms with E-state index in [2.05, 4.69) is 30.5 Å². The van der Waals surface area contributed by atoms with Gasteiger partial charge in [-0.05, 0) is 74.0 Å². The maximum Gasteiger partial charge on any atom is 0.103 e. The van der Waals surface area contributed by atoms with Gasteiger partial charge in [-0.25, -0.2) is 4.68 Å². The van der Waals surface area contributed by atoms with Crippen molar-refractivity contribution in [2.75, 3.05) is 6.26 Å². The zero-order valence-corrected chi connectivity index (χ0v) is 22.7. The molecule has 1 N–H and O–H groups in total. The second-order valence-electron chi connectivity index (χ2n) is 8.22. The maximum absolute atomic E-state index is 10.6. The molecule has 0 aliphatic rings. The van der Waals surface area contributed by atoms with Crippen LogP contribution in [0.15, 0.2) is 71.6 Å². The standard InChI is InChI=1S/C26H24Cl2N2OS.C2H6/c1-16-7-5-10-21(27)25(16)30-23(15-24(29-30)26(2,3)31)20-12-11-18(14-22(20)28)17-8-6-9-19(13-17)32-4;1-2/h5-15,31H,1-4H3;1-2H3. The molecule has 178 valence electrons. The lowest BCUT2D eigenvalue weighted by Crippen LogP contribution is -2.16. The normalized spacial score (nSPS) is 11.2. The van der Waals surface area contributed by atoms with Gasteiger partial charge in [-0.2, -0.15) is 5.10 Å². The van der Waals surface area contributed by atoms with Gasteiger partial charge >= 0.3 is 0 Å². The third-order valence-electron chi connectivity index (χ3n) is 5.38. The predicted octanol–water partition coefficient (Wildman–Crippen LogP) is 8.80. The van der Waals surface area contributed by atoms with Crippen LogP contribution in [-0.4, -0.2) is 21.1 Å². The molecule has 0 saturated carbocycles. The van der Waals surface area contributed by atoms with E-state index >= 15 is 0 Å². The van der Waals surface area contributed by atoms with Crippen LogP contribution in [0.1, 0.15) is 39.0 Å². The second kappa shape index (κ2) is 11.0. The zero-order valence-electron chi connectivity index (χ0n) is 20.4. The van der Waals surface area contributed by atoms with E-state index in [0.717, 1.165) is 33.6 Å². The van der Waals surface area contributed by atoms with Gasteiger partial charge in [0, 0.05) is 10.5 Å². The number of rotatable bonds is 5. The van der Waals surface area contributed by atoms with Crippen molar-refractivity contribution in [3.63, 3.8) is 0 Å². The van der Waals surface area contributed by atoms with Crippen molar-refractivity contribution in [3.8, 4) is 28.1 Å². The highest BCUT2D eigenvalue weighted by Gasteiger charge is 2.25. The van der Waals surface area contributed by atoms with Crippen molar-refractivity contribution in [3.05, 3.63) is 88.0 Å². The quantitative estimate of drug-likeness (QED) is 0.271. The first-order valence-electron chi connectivity index (χ1n) is 11.2. The van der Waals surface area contributed by atoms with Gasteiger partial charge in [-0.15, -0.1) is 11.8 Å². The molecule has 0 aliphatic carbocycles. The Bertz CT molecular complexity index is 1270. The predicted molar refractivity (Wildman–Crippen MR) is 148 cm³/mol. The van der Waals surface area contributed by atoms with E-state index in [0.29, 0.717) is 15.7 Å². The average Bonchev–Trinajstić information content (AvgIpc) is 3.25. The number of para-hydroxylation sites is 1. The molecular weight excluding hydrogens is 483 g/mol. The van der Waals surface area contributed by atoms with E-state index in [1.54, 1.807) is 30.3 Å². The highest BCUT2D eigenvalue weighted by molar-refractivity contribution is 7.98. The first kappa shape index (κ1) is 26.4. The molecule has 34 heavy (non-hydrogen) atoms. The SMILES string of the molecule is CC.CSc1cccc(-c2ccc(-c3cc(C(C)(C)O)nn3-c3c(C)cccc3Cl)c(Cl)c2)c1. The summed E-state index contributed by atoms with van der Waals surface area (Å²) in [6.07, 6.45) is 2.06. The molecule has 0 bridgehead atoms. The lowest BCUT2D eigenvalue weighted by molar-refractivity contribution is 0.0734. The average molecular weight is 514 g/mol. The first-order chi connectivity index (χ1) is 16.2. The second-order valence-corrected chi connectivity index (χ2v) is 9.91.